The Hall–Kier alpha value is -2.99. The van der Waals surface area contributed by atoms with Crippen LogP contribution < -0.4 is 10.2 Å². The topological polar surface area (TPSA) is 62.6 Å². The highest BCUT2D eigenvalue weighted by atomic mass is 32.2. The average molecular weight is 392 g/mol. The standard InChI is InChI=1S/C22H20N2O3S/c1-14-8-9-18(15(2)11-14)24-20(25)13-28-22(24)16-5-3-6-17(12-16)23-21(26)19-7-4-10-27-19/h3-12,22H,13H2,1-2H3,(H,23,26)/t22-/m0/s1. The van der Waals surface area contributed by atoms with Crippen LogP contribution >= 0.6 is 11.8 Å². The Morgan fingerprint density at radius 2 is 2.00 bits per heavy atom. The van der Waals surface area contributed by atoms with Crippen molar-refractivity contribution in [2.24, 2.45) is 0 Å². The minimum atomic E-state index is -0.302. The van der Waals surface area contributed by atoms with E-state index in [0.717, 1.165) is 16.8 Å². The molecular formula is C22H20N2O3S. The van der Waals surface area contributed by atoms with Gasteiger partial charge in [0.25, 0.3) is 5.91 Å². The molecule has 3 aromatic rings. The summed E-state index contributed by atoms with van der Waals surface area (Å²) in [7, 11) is 0. The van der Waals surface area contributed by atoms with Crippen molar-refractivity contribution in [3.05, 3.63) is 83.3 Å². The van der Waals surface area contributed by atoms with Crippen LogP contribution in [0.5, 0.6) is 0 Å². The van der Waals surface area contributed by atoms with Gasteiger partial charge in [0.2, 0.25) is 5.91 Å². The smallest absolute Gasteiger partial charge is 0.291 e. The van der Waals surface area contributed by atoms with Crippen molar-refractivity contribution >= 4 is 35.0 Å². The molecule has 0 saturated carbocycles. The van der Waals surface area contributed by atoms with E-state index in [0.29, 0.717) is 11.4 Å². The molecule has 142 valence electrons. The van der Waals surface area contributed by atoms with E-state index in [4.69, 9.17) is 4.42 Å². The molecule has 0 radical (unpaired) electrons. The van der Waals surface area contributed by atoms with Gasteiger partial charge in [-0.05, 0) is 55.3 Å². The summed E-state index contributed by atoms with van der Waals surface area (Å²) >= 11 is 1.59. The van der Waals surface area contributed by atoms with Crippen LogP contribution in [0, 0.1) is 13.8 Å². The number of anilines is 2. The second-order valence-corrected chi connectivity index (χ2v) is 7.84. The number of carbonyl (C=O) groups excluding carboxylic acids is 2. The molecule has 1 aliphatic rings. The van der Waals surface area contributed by atoms with E-state index >= 15 is 0 Å². The van der Waals surface area contributed by atoms with Crippen LogP contribution in [-0.2, 0) is 4.79 Å². The van der Waals surface area contributed by atoms with Crippen LogP contribution in [0.25, 0.3) is 0 Å². The molecule has 1 aromatic heterocycles. The number of furan rings is 1. The first kappa shape index (κ1) is 18.4. The number of aryl methyl sites for hydroxylation is 2. The molecule has 2 heterocycles. The number of hydrogen-bond donors (Lipinski definition) is 1. The highest BCUT2D eigenvalue weighted by Gasteiger charge is 2.34. The molecule has 4 rings (SSSR count). The Bertz CT molecular complexity index is 1030. The quantitative estimate of drug-likeness (QED) is 0.684. The van der Waals surface area contributed by atoms with Crippen LogP contribution in [0.1, 0.15) is 32.6 Å². The van der Waals surface area contributed by atoms with E-state index in [1.54, 1.807) is 23.9 Å². The summed E-state index contributed by atoms with van der Waals surface area (Å²) < 4.78 is 5.14. The first-order valence-electron chi connectivity index (χ1n) is 8.98. The van der Waals surface area contributed by atoms with Crippen molar-refractivity contribution in [1.82, 2.24) is 0 Å². The minimum Gasteiger partial charge on any atom is -0.459 e. The van der Waals surface area contributed by atoms with E-state index in [-0.39, 0.29) is 22.9 Å². The third-order valence-corrected chi connectivity index (χ3v) is 5.87. The van der Waals surface area contributed by atoms with Crippen molar-refractivity contribution in [3.8, 4) is 0 Å². The molecular weight excluding hydrogens is 372 g/mol. The SMILES string of the molecule is Cc1ccc(N2C(=O)CS[C@H]2c2cccc(NC(=O)c3ccco3)c2)c(C)c1. The Balaban J connectivity index is 1.62. The summed E-state index contributed by atoms with van der Waals surface area (Å²) in [6, 6.07) is 17.0. The van der Waals surface area contributed by atoms with Crippen LogP contribution in [0.4, 0.5) is 11.4 Å². The zero-order valence-electron chi connectivity index (χ0n) is 15.6. The third kappa shape index (κ3) is 3.55. The number of nitrogens with zero attached hydrogens (tertiary/aromatic N) is 1. The Labute approximate surface area is 167 Å². The highest BCUT2D eigenvalue weighted by molar-refractivity contribution is 8.00. The summed E-state index contributed by atoms with van der Waals surface area (Å²) in [6.07, 6.45) is 1.47. The minimum absolute atomic E-state index is 0.0898. The van der Waals surface area contributed by atoms with Gasteiger partial charge in [0, 0.05) is 11.4 Å². The molecule has 5 nitrogen and oxygen atoms in total. The molecule has 0 spiro atoms. The van der Waals surface area contributed by atoms with Crippen LogP contribution in [0.2, 0.25) is 0 Å². The van der Waals surface area contributed by atoms with E-state index < -0.39 is 0 Å². The zero-order valence-corrected chi connectivity index (χ0v) is 16.5. The van der Waals surface area contributed by atoms with Gasteiger partial charge in [-0.3, -0.25) is 14.5 Å². The van der Waals surface area contributed by atoms with Gasteiger partial charge in [-0.1, -0.05) is 29.8 Å². The van der Waals surface area contributed by atoms with Gasteiger partial charge in [0.15, 0.2) is 5.76 Å². The molecule has 6 heteroatoms. The lowest BCUT2D eigenvalue weighted by molar-refractivity contribution is -0.115. The monoisotopic (exact) mass is 392 g/mol. The van der Waals surface area contributed by atoms with Crippen molar-refractivity contribution in [2.75, 3.05) is 16.0 Å². The maximum Gasteiger partial charge on any atom is 0.291 e. The summed E-state index contributed by atoms with van der Waals surface area (Å²) in [6.45, 7) is 4.07. The molecule has 0 aliphatic carbocycles. The molecule has 28 heavy (non-hydrogen) atoms. The van der Waals surface area contributed by atoms with Gasteiger partial charge >= 0.3 is 0 Å². The Kier molecular flexibility index (Phi) is 4.96. The summed E-state index contributed by atoms with van der Waals surface area (Å²) in [5.41, 5.74) is 4.80. The first-order chi connectivity index (χ1) is 13.5. The molecule has 2 aromatic carbocycles. The van der Waals surface area contributed by atoms with E-state index in [1.807, 2.05) is 55.1 Å². The number of benzene rings is 2. The van der Waals surface area contributed by atoms with E-state index in [1.165, 1.54) is 11.8 Å². The fraction of sp³-hybridized carbons (Fsp3) is 0.182. The second kappa shape index (κ2) is 7.56. The maximum atomic E-state index is 12.6. The molecule has 0 bridgehead atoms. The normalized spacial score (nSPS) is 16.4. The molecule has 1 N–H and O–H groups in total. The number of hydrogen-bond acceptors (Lipinski definition) is 4. The number of rotatable bonds is 4. The molecule has 0 unspecified atom stereocenters. The summed E-state index contributed by atoms with van der Waals surface area (Å²) in [5, 5.41) is 2.72. The molecule has 1 saturated heterocycles. The van der Waals surface area contributed by atoms with Gasteiger partial charge in [-0.25, -0.2) is 0 Å². The van der Waals surface area contributed by atoms with Crippen LogP contribution in [-0.4, -0.2) is 17.6 Å². The number of nitrogens with one attached hydrogen (secondary N) is 1. The fourth-order valence-electron chi connectivity index (χ4n) is 3.38. The van der Waals surface area contributed by atoms with E-state index in [2.05, 4.69) is 11.4 Å². The highest BCUT2D eigenvalue weighted by Crippen LogP contribution is 2.43. The molecule has 1 aliphatic heterocycles. The van der Waals surface area contributed by atoms with Gasteiger partial charge in [-0.15, -0.1) is 11.8 Å². The summed E-state index contributed by atoms with van der Waals surface area (Å²) in [4.78, 5) is 26.7. The van der Waals surface area contributed by atoms with Crippen molar-refractivity contribution in [1.29, 1.82) is 0 Å². The molecule has 1 atom stereocenters. The first-order valence-corrected chi connectivity index (χ1v) is 10.0. The van der Waals surface area contributed by atoms with Crippen molar-refractivity contribution in [3.63, 3.8) is 0 Å². The summed E-state index contributed by atoms with van der Waals surface area (Å²) in [5.74, 6) is 0.476. The lowest BCUT2D eigenvalue weighted by atomic mass is 10.1. The Morgan fingerprint density at radius 1 is 1.14 bits per heavy atom. The predicted octanol–water partition coefficient (Wildman–Crippen LogP) is 4.93. The number of thioether (sulfide) groups is 1. The fourth-order valence-corrected chi connectivity index (χ4v) is 4.54. The van der Waals surface area contributed by atoms with Crippen molar-refractivity contribution in [2.45, 2.75) is 19.2 Å². The average Bonchev–Trinajstić information content (AvgIpc) is 3.32. The Morgan fingerprint density at radius 3 is 2.75 bits per heavy atom. The second-order valence-electron chi connectivity index (χ2n) is 6.77. The zero-order chi connectivity index (χ0) is 19.7. The predicted molar refractivity (Wildman–Crippen MR) is 112 cm³/mol. The largest absolute Gasteiger partial charge is 0.459 e. The van der Waals surface area contributed by atoms with E-state index in [9.17, 15) is 9.59 Å². The van der Waals surface area contributed by atoms with Crippen LogP contribution in [0.15, 0.2) is 65.3 Å². The van der Waals surface area contributed by atoms with Crippen molar-refractivity contribution < 1.29 is 14.0 Å². The molecule has 1 fully saturated rings. The third-order valence-electron chi connectivity index (χ3n) is 4.65. The lowest BCUT2D eigenvalue weighted by Crippen LogP contribution is -2.28. The lowest BCUT2D eigenvalue weighted by Gasteiger charge is -2.26. The van der Waals surface area contributed by atoms with Gasteiger partial charge in [-0.2, -0.15) is 0 Å². The van der Waals surface area contributed by atoms with Gasteiger partial charge in [0.05, 0.1) is 12.0 Å². The molecule has 2 amide bonds. The number of carbonyl (C=O) groups is 2. The number of amides is 2. The maximum absolute atomic E-state index is 12.6. The van der Waals surface area contributed by atoms with Gasteiger partial charge < -0.3 is 9.73 Å². The van der Waals surface area contributed by atoms with Gasteiger partial charge in [0.1, 0.15) is 5.37 Å². The van der Waals surface area contributed by atoms with Crippen LogP contribution in [0.3, 0.4) is 0 Å².